The van der Waals surface area contributed by atoms with Gasteiger partial charge in [0.05, 0.1) is 4.92 Å². The van der Waals surface area contributed by atoms with Crippen molar-refractivity contribution in [2.24, 2.45) is 0 Å². The number of nitrogens with one attached hydrogen (secondary N) is 1. The molecule has 0 saturated heterocycles. The second-order valence-corrected chi connectivity index (χ2v) is 4.69. The molecule has 20 heavy (non-hydrogen) atoms. The predicted octanol–water partition coefficient (Wildman–Crippen LogP) is 1.34. The second-order valence-electron chi connectivity index (χ2n) is 4.42. The van der Waals surface area contributed by atoms with Gasteiger partial charge in [0.1, 0.15) is 11.4 Å². The molecule has 0 fully saturated rings. The molecule has 0 aliphatic rings. The van der Waals surface area contributed by atoms with Crippen LogP contribution in [-0.2, 0) is 16.0 Å². The lowest BCUT2D eigenvalue weighted by Gasteiger charge is -2.26. The first kappa shape index (κ1) is 15.9. The Morgan fingerprint density at radius 1 is 1.50 bits per heavy atom. The number of alkyl halides is 1. The topological polar surface area (TPSA) is 110 Å². The number of non-ortho nitro benzene ring substituents is 1. The van der Waals surface area contributed by atoms with Crippen molar-refractivity contribution in [3.05, 3.63) is 39.9 Å². The maximum Gasteiger partial charge on any atom is 0.329 e. The SMILES string of the molecule is CC(Cc1cccc([N+](=O)[O-])c1)(NC(=O)CCl)C(=O)O. The average molecular weight is 301 g/mol. The molecule has 0 spiro atoms. The molecule has 0 aliphatic heterocycles. The number of nitro benzene ring substituents is 1. The van der Waals surface area contributed by atoms with E-state index in [1.165, 1.54) is 25.1 Å². The molecule has 1 aromatic carbocycles. The normalized spacial score (nSPS) is 13.3. The molecule has 7 nitrogen and oxygen atoms in total. The Hall–Kier alpha value is -2.15. The van der Waals surface area contributed by atoms with Crippen molar-refractivity contribution >= 4 is 29.2 Å². The van der Waals surface area contributed by atoms with Gasteiger partial charge in [-0.3, -0.25) is 14.9 Å². The number of carbonyl (C=O) groups is 2. The molecule has 8 heteroatoms. The summed E-state index contributed by atoms with van der Waals surface area (Å²) in [5, 5.41) is 22.2. The largest absolute Gasteiger partial charge is 0.480 e. The molecule has 0 bridgehead atoms. The summed E-state index contributed by atoms with van der Waals surface area (Å²) in [5.41, 5.74) is -1.29. The van der Waals surface area contributed by atoms with Crippen LogP contribution < -0.4 is 5.32 Å². The van der Waals surface area contributed by atoms with Crippen LogP contribution in [0.1, 0.15) is 12.5 Å². The standard InChI is InChI=1S/C12H13ClN2O5/c1-12(11(17)18,14-10(16)7-13)6-8-3-2-4-9(5-8)15(19)20/h2-5H,6-7H2,1H3,(H,14,16)(H,17,18). The summed E-state index contributed by atoms with van der Waals surface area (Å²) < 4.78 is 0. The highest BCUT2D eigenvalue weighted by Crippen LogP contribution is 2.19. The fourth-order valence-corrected chi connectivity index (χ4v) is 1.77. The molecule has 1 atom stereocenters. The first-order valence-electron chi connectivity index (χ1n) is 5.62. The monoisotopic (exact) mass is 300 g/mol. The Balaban J connectivity index is 3.01. The van der Waals surface area contributed by atoms with Crippen molar-refractivity contribution in [1.82, 2.24) is 5.32 Å². The minimum Gasteiger partial charge on any atom is -0.480 e. The van der Waals surface area contributed by atoms with Gasteiger partial charge in [0.25, 0.3) is 5.69 Å². The lowest BCUT2D eigenvalue weighted by molar-refractivity contribution is -0.384. The number of carbonyl (C=O) groups excluding carboxylic acids is 1. The third-order valence-electron chi connectivity index (χ3n) is 2.69. The summed E-state index contributed by atoms with van der Waals surface area (Å²) in [4.78, 5) is 32.7. The van der Waals surface area contributed by atoms with Gasteiger partial charge < -0.3 is 10.4 Å². The summed E-state index contributed by atoms with van der Waals surface area (Å²) >= 11 is 5.34. The molecule has 0 heterocycles. The molecular weight excluding hydrogens is 288 g/mol. The number of carboxylic acid groups (broad SMARTS) is 1. The third-order valence-corrected chi connectivity index (χ3v) is 2.93. The minimum atomic E-state index is -1.58. The maximum absolute atomic E-state index is 11.3. The van der Waals surface area contributed by atoms with E-state index in [0.717, 1.165) is 0 Å². The fraction of sp³-hybridized carbons (Fsp3) is 0.333. The van der Waals surface area contributed by atoms with Crippen LogP contribution in [0.25, 0.3) is 0 Å². The van der Waals surface area contributed by atoms with Crippen LogP contribution in [-0.4, -0.2) is 33.3 Å². The fourth-order valence-electron chi connectivity index (χ4n) is 1.70. The number of hydrogen-bond donors (Lipinski definition) is 2. The van der Waals surface area contributed by atoms with Crippen molar-refractivity contribution in [3.63, 3.8) is 0 Å². The third kappa shape index (κ3) is 3.92. The summed E-state index contributed by atoms with van der Waals surface area (Å²) in [6.07, 6.45) is -0.0906. The number of halogens is 1. The van der Waals surface area contributed by atoms with Crippen LogP contribution in [0.2, 0.25) is 0 Å². The van der Waals surface area contributed by atoms with Gasteiger partial charge >= 0.3 is 5.97 Å². The van der Waals surface area contributed by atoms with E-state index in [2.05, 4.69) is 5.32 Å². The van der Waals surface area contributed by atoms with E-state index in [4.69, 9.17) is 11.6 Å². The number of rotatable bonds is 6. The minimum absolute atomic E-state index is 0.0906. The Labute approximate surface area is 119 Å². The van der Waals surface area contributed by atoms with Gasteiger partial charge in [-0.15, -0.1) is 11.6 Å². The van der Waals surface area contributed by atoms with Crippen LogP contribution in [0.15, 0.2) is 24.3 Å². The van der Waals surface area contributed by atoms with E-state index in [0.29, 0.717) is 5.56 Å². The molecular formula is C12H13ClN2O5. The summed E-state index contributed by atoms with van der Waals surface area (Å²) in [7, 11) is 0. The highest BCUT2D eigenvalue weighted by molar-refractivity contribution is 6.27. The highest BCUT2D eigenvalue weighted by Gasteiger charge is 2.35. The quantitative estimate of drug-likeness (QED) is 0.468. The van der Waals surface area contributed by atoms with Crippen molar-refractivity contribution in [2.45, 2.75) is 18.9 Å². The Bertz CT molecular complexity index is 548. The Morgan fingerprint density at radius 2 is 2.15 bits per heavy atom. The van der Waals surface area contributed by atoms with Crippen LogP contribution >= 0.6 is 11.6 Å². The molecule has 1 aromatic rings. The van der Waals surface area contributed by atoms with Crippen molar-refractivity contribution in [2.75, 3.05) is 5.88 Å². The summed E-state index contributed by atoms with van der Waals surface area (Å²) in [5.74, 6) is -2.23. The van der Waals surface area contributed by atoms with E-state index >= 15 is 0 Å². The number of hydrogen-bond acceptors (Lipinski definition) is 4. The van der Waals surface area contributed by atoms with Gasteiger partial charge in [-0.05, 0) is 12.5 Å². The smallest absolute Gasteiger partial charge is 0.329 e. The Kier molecular flexibility index (Phi) is 5.04. The molecule has 0 aromatic heterocycles. The van der Waals surface area contributed by atoms with E-state index in [-0.39, 0.29) is 18.0 Å². The van der Waals surface area contributed by atoms with Gasteiger partial charge in [-0.1, -0.05) is 12.1 Å². The van der Waals surface area contributed by atoms with Gasteiger partial charge in [0.2, 0.25) is 5.91 Å². The number of amides is 1. The van der Waals surface area contributed by atoms with E-state index in [1.807, 2.05) is 0 Å². The van der Waals surface area contributed by atoms with E-state index in [9.17, 15) is 24.8 Å². The summed E-state index contributed by atoms with van der Waals surface area (Å²) in [6.45, 7) is 1.32. The van der Waals surface area contributed by atoms with Crippen LogP contribution in [0, 0.1) is 10.1 Å². The molecule has 1 amide bonds. The lowest BCUT2D eigenvalue weighted by atomic mass is 9.92. The lowest BCUT2D eigenvalue weighted by Crippen LogP contribution is -2.54. The van der Waals surface area contributed by atoms with Gasteiger partial charge in [0.15, 0.2) is 0 Å². The zero-order chi connectivity index (χ0) is 15.3. The first-order chi connectivity index (χ1) is 9.28. The highest BCUT2D eigenvalue weighted by atomic mass is 35.5. The van der Waals surface area contributed by atoms with Crippen molar-refractivity contribution in [1.29, 1.82) is 0 Å². The average Bonchev–Trinajstić information content (AvgIpc) is 2.38. The van der Waals surface area contributed by atoms with Gasteiger partial charge in [-0.25, -0.2) is 4.79 Å². The molecule has 1 rings (SSSR count). The zero-order valence-electron chi connectivity index (χ0n) is 10.6. The van der Waals surface area contributed by atoms with Gasteiger partial charge in [-0.2, -0.15) is 0 Å². The number of carboxylic acids is 1. The van der Waals surface area contributed by atoms with Crippen LogP contribution in [0.4, 0.5) is 5.69 Å². The molecule has 0 radical (unpaired) electrons. The molecule has 0 saturated carbocycles. The number of benzene rings is 1. The van der Waals surface area contributed by atoms with E-state index < -0.39 is 22.3 Å². The Morgan fingerprint density at radius 3 is 2.65 bits per heavy atom. The van der Waals surface area contributed by atoms with Gasteiger partial charge in [0, 0.05) is 18.6 Å². The number of nitro groups is 1. The maximum atomic E-state index is 11.3. The summed E-state index contributed by atoms with van der Waals surface area (Å²) in [6, 6.07) is 5.59. The number of aliphatic carboxylic acids is 1. The molecule has 1 unspecified atom stereocenters. The molecule has 0 aliphatic carbocycles. The van der Waals surface area contributed by atoms with Crippen molar-refractivity contribution < 1.29 is 19.6 Å². The van der Waals surface area contributed by atoms with Crippen LogP contribution in [0.3, 0.4) is 0 Å². The van der Waals surface area contributed by atoms with Crippen LogP contribution in [0.5, 0.6) is 0 Å². The number of nitrogens with zero attached hydrogens (tertiary/aromatic N) is 1. The molecule has 108 valence electrons. The first-order valence-corrected chi connectivity index (χ1v) is 6.15. The van der Waals surface area contributed by atoms with Crippen molar-refractivity contribution in [3.8, 4) is 0 Å². The zero-order valence-corrected chi connectivity index (χ0v) is 11.4. The second kappa shape index (κ2) is 6.33. The molecule has 2 N–H and O–H groups in total. The van der Waals surface area contributed by atoms with E-state index in [1.54, 1.807) is 6.07 Å². The predicted molar refractivity (Wildman–Crippen MR) is 71.7 cm³/mol.